The highest BCUT2D eigenvalue weighted by Crippen LogP contribution is 2.28. The fourth-order valence-corrected chi connectivity index (χ4v) is 2.07. The molecule has 1 aromatic heterocycles. The van der Waals surface area contributed by atoms with Crippen LogP contribution in [0.2, 0.25) is 5.02 Å². The Morgan fingerprint density at radius 1 is 1.30 bits per heavy atom. The van der Waals surface area contributed by atoms with Crippen LogP contribution in [0.3, 0.4) is 0 Å². The third-order valence-corrected chi connectivity index (χ3v) is 3.86. The molecule has 0 aliphatic rings. The maximum atomic E-state index is 6.06. The van der Waals surface area contributed by atoms with Gasteiger partial charge in [-0.3, -0.25) is 0 Å². The van der Waals surface area contributed by atoms with Gasteiger partial charge in [0.2, 0.25) is 11.8 Å². The second kappa shape index (κ2) is 6.24. The van der Waals surface area contributed by atoms with Gasteiger partial charge in [0.25, 0.3) is 0 Å². The third kappa shape index (κ3) is 4.30. The van der Waals surface area contributed by atoms with Gasteiger partial charge in [0.05, 0.1) is 5.02 Å². The fourth-order valence-electron chi connectivity index (χ4n) is 1.64. The molecule has 0 saturated heterocycles. The van der Waals surface area contributed by atoms with Crippen LogP contribution in [0, 0.1) is 0 Å². The summed E-state index contributed by atoms with van der Waals surface area (Å²) in [6.45, 7) is 7.16. The van der Waals surface area contributed by atoms with Crippen LogP contribution in [0.1, 0.15) is 26.7 Å². The Hall–Kier alpha value is -0.910. The van der Waals surface area contributed by atoms with Crippen LogP contribution in [-0.2, 0) is 6.42 Å². The maximum absolute atomic E-state index is 6.06. The molecule has 0 aliphatic carbocycles. The normalized spacial score (nSPS) is 11.8. The lowest BCUT2D eigenvalue weighted by atomic mass is 10.1. The number of halogens is 2. The van der Waals surface area contributed by atoms with E-state index in [1.54, 1.807) is 6.07 Å². The topological polar surface area (TPSA) is 51.0 Å². The van der Waals surface area contributed by atoms with Crippen molar-refractivity contribution in [3.8, 4) is 11.5 Å². The molecular weight excluding hydrogens is 342 g/mol. The Morgan fingerprint density at radius 2 is 2.05 bits per heavy atom. The second-order valence-corrected chi connectivity index (χ2v) is 6.82. The van der Waals surface area contributed by atoms with E-state index in [-0.39, 0.29) is 5.54 Å². The number of aromatic nitrogens is 2. The van der Waals surface area contributed by atoms with E-state index in [0.29, 0.717) is 23.2 Å². The fraction of sp³-hybridized carbons (Fsp3) is 0.429. The van der Waals surface area contributed by atoms with Gasteiger partial charge in [-0.05, 0) is 54.9 Å². The molecule has 2 aromatic rings. The summed E-state index contributed by atoms with van der Waals surface area (Å²) in [7, 11) is 0. The first kappa shape index (κ1) is 15.5. The van der Waals surface area contributed by atoms with Crippen molar-refractivity contribution in [3.63, 3.8) is 0 Å². The molecule has 1 aromatic carbocycles. The van der Waals surface area contributed by atoms with Gasteiger partial charge in [-0.2, -0.15) is 0 Å². The zero-order valence-electron chi connectivity index (χ0n) is 11.7. The Bertz CT molecular complexity index is 592. The van der Waals surface area contributed by atoms with Crippen molar-refractivity contribution in [2.75, 3.05) is 6.54 Å². The number of hydrogen-bond acceptors (Lipinski definition) is 4. The number of nitrogens with zero attached hydrogens (tertiary/aromatic N) is 2. The molecule has 1 N–H and O–H groups in total. The molecule has 4 nitrogen and oxygen atoms in total. The summed E-state index contributed by atoms with van der Waals surface area (Å²) in [4.78, 5) is 0. The second-order valence-electron chi connectivity index (χ2n) is 5.56. The monoisotopic (exact) mass is 357 g/mol. The number of rotatable bonds is 4. The van der Waals surface area contributed by atoms with Gasteiger partial charge < -0.3 is 9.73 Å². The van der Waals surface area contributed by atoms with Crippen LogP contribution in [0.5, 0.6) is 0 Å². The number of nitrogens with one attached hydrogen (secondary N) is 1. The van der Waals surface area contributed by atoms with E-state index in [1.807, 2.05) is 12.1 Å². The van der Waals surface area contributed by atoms with Crippen LogP contribution in [0.15, 0.2) is 27.1 Å². The summed E-state index contributed by atoms with van der Waals surface area (Å²) >= 11 is 9.41. The third-order valence-electron chi connectivity index (χ3n) is 2.63. The number of hydrogen-bond donors (Lipinski definition) is 1. The van der Waals surface area contributed by atoms with E-state index >= 15 is 0 Å². The van der Waals surface area contributed by atoms with E-state index in [2.05, 4.69) is 52.2 Å². The minimum atomic E-state index is 0.0854. The van der Waals surface area contributed by atoms with Crippen LogP contribution in [0.25, 0.3) is 11.5 Å². The van der Waals surface area contributed by atoms with Crippen molar-refractivity contribution >= 4 is 27.5 Å². The Labute approximate surface area is 132 Å². The first-order chi connectivity index (χ1) is 9.35. The molecule has 0 atom stereocenters. The van der Waals surface area contributed by atoms with Crippen LogP contribution >= 0.6 is 27.5 Å². The first-order valence-electron chi connectivity index (χ1n) is 6.38. The van der Waals surface area contributed by atoms with Crippen molar-refractivity contribution in [3.05, 3.63) is 33.6 Å². The predicted octanol–water partition coefficient (Wildman–Crippen LogP) is 4.08. The Kier molecular flexibility index (Phi) is 4.83. The molecular formula is C14H17BrClN3O. The van der Waals surface area contributed by atoms with Crippen molar-refractivity contribution in [1.82, 2.24) is 15.5 Å². The summed E-state index contributed by atoms with van der Waals surface area (Å²) in [5.41, 5.74) is 0.906. The molecule has 0 amide bonds. The zero-order valence-corrected chi connectivity index (χ0v) is 14.0. The molecule has 108 valence electrons. The lowest BCUT2D eigenvalue weighted by Crippen LogP contribution is -2.37. The summed E-state index contributed by atoms with van der Waals surface area (Å²) in [6, 6.07) is 5.56. The van der Waals surface area contributed by atoms with Crippen LogP contribution < -0.4 is 5.32 Å². The molecule has 1 heterocycles. The van der Waals surface area contributed by atoms with Gasteiger partial charge >= 0.3 is 0 Å². The SMILES string of the molecule is CC(C)(C)NCCc1nnc(-c2ccc(Br)c(Cl)c2)o1. The van der Waals surface area contributed by atoms with Crippen molar-refractivity contribution in [2.45, 2.75) is 32.7 Å². The van der Waals surface area contributed by atoms with Gasteiger partial charge in [0, 0.05) is 28.5 Å². The summed E-state index contributed by atoms with van der Waals surface area (Å²) < 4.78 is 6.49. The Morgan fingerprint density at radius 3 is 2.70 bits per heavy atom. The van der Waals surface area contributed by atoms with Gasteiger partial charge in [-0.1, -0.05) is 11.6 Å². The molecule has 0 aliphatic heterocycles. The molecule has 0 saturated carbocycles. The van der Waals surface area contributed by atoms with E-state index in [1.165, 1.54) is 0 Å². The van der Waals surface area contributed by atoms with Crippen LogP contribution in [0.4, 0.5) is 0 Å². The standard InChI is InChI=1S/C14H17BrClN3O/c1-14(2,3)17-7-6-12-18-19-13(20-12)9-4-5-10(15)11(16)8-9/h4-5,8,17H,6-7H2,1-3H3. The van der Waals surface area contributed by atoms with E-state index in [0.717, 1.165) is 16.6 Å². The smallest absolute Gasteiger partial charge is 0.247 e. The number of benzene rings is 1. The average Bonchev–Trinajstić information content (AvgIpc) is 2.80. The quantitative estimate of drug-likeness (QED) is 0.894. The van der Waals surface area contributed by atoms with E-state index < -0.39 is 0 Å². The minimum absolute atomic E-state index is 0.0854. The zero-order chi connectivity index (χ0) is 14.8. The minimum Gasteiger partial charge on any atom is -0.421 e. The highest BCUT2D eigenvalue weighted by atomic mass is 79.9. The van der Waals surface area contributed by atoms with Gasteiger partial charge in [-0.25, -0.2) is 0 Å². The lowest BCUT2D eigenvalue weighted by molar-refractivity contribution is 0.412. The van der Waals surface area contributed by atoms with Gasteiger partial charge in [0.15, 0.2) is 0 Å². The van der Waals surface area contributed by atoms with Crippen molar-refractivity contribution in [2.24, 2.45) is 0 Å². The van der Waals surface area contributed by atoms with Crippen LogP contribution in [-0.4, -0.2) is 22.3 Å². The molecule has 6 heteroatoms. The molecule has 0 unspecified atom stereocenters. The Balaban J connectivity index is 2.03. The van der Waals surface area contributed by atoms with E-state index in [9.17, 15) is 0 Å². The summed E-state index contributed by atoms with van der Waals surface area (Å²) in [6.07, 6.45) is 0.703. The maximum Gasteiger partial charge on any atom is 0.247 e. The van der Waals surface area contributed by atoms with Crippen molar-refractivity contribution < 1.29 is 4.42 Å². The van der Waals surface area contributed by atoms with E-state index in [4.69, 9.17) is 16.0 Å². The first-order valence-corrected chi connectivity index (χ1v) is 7.55. The summed E-state index contributed by atoms with van der Waals surface area (Å²) in [5, 5.41) is 12.1. The molecule has 0 bridgehead atoms. The molecule has 2 rings (SSSR count). The molecule has 20 heavy (non-hydrogen) atoms. The predicted molar refractivity (Wildman–Crippen MR) is 83.9 cm³/mol. The van der Waals surface area contributed by atoms with Gasteiger partial charge in [0.1, 0.15) is 0 Å². The van der Waals surface area contributed by atoms with Gasteiger partial charge in [-0.15, -0.1) is 10.2 Å². The average molecular weight is 359 g/mol. The molecule has 0 radical (unpaired) electrons. The summed E-state index contributed by atoms with van der Waals surface area (Å²) in [5.74, 6) is 1.11. The molecule has 0 fully saturated rings. The lowest BCUT2D eigenvalue weighted by Gasteiger charge is -2.19. The largest absolute Gasteiger partial charge is 0.421 e. The highest BCUT2D eigenvalue weighted by molar-refractivity contribution is 9.10. The van der Waals surface area contributed by atoms with Crippen molar-refractivity contribution in [1.29, 1.82) is 0 Å². The highest BCUT2D eigenvalue weighted by Gasteiger charge is 2.12. The molecule has 0 spiro atoms.